The molecule has 0 N–H and O–H groups in total. The average Bonchev–Trinajstić information content (AvgIpc) is 2.86. The third kappa shape index (κ3) is 3.13. The summed E-state index contributed by atoms with van der Waals surface area (Å²) in [5.41, 5.74) is 0.353. The highest BCUT2D eigenvalue weighted by Gasteiger charge is 2.18. The van der Waals surface area contributed by atoms with Crippen LogP contribution in [-0.4, -0.2) is 19.0 Å². The number of carbonyl (C=O) groups excluding carboxylic acids is 2. The largest absolute Gasteiger partial charge is 0.465 e. The van der Waals surface area contributed by atoms with E-state index in [-0.39, 0.29) is 10.6 Å². The van der Waals surface area contributed by atoms with Gasteiger partial charge in [-0.1, -0.05) is 11.6 Å². The van der Waals surface area contributed by atoms with Crippen LogP contribution in [0.4, 0.5) is 0 Å². The Morgan fingerprint density at radius 3 is 2.42 bits per heavy atom. The molecule has 19 heavy (non-hydrogen) atoms. The average molecular weight is 297 g/mol. The lowest BCUT2D eigenvalue weighted by molar-refractivity contribution is 0.0599. The molecule has 1 heterocycles. The molecule has 0 fully saturated rings. The molecule has 4 nitrogen and oxygen atoms in total. The fourth-order valence-electron chi connectivity index (χ4n) is 1.36. The van der Waals surface area contributed by atoms with Crippen molar-refractivity contribution in [2.24, 2.45) is 0 Å². The van der Waals surface area contributed by atoms with Gasteiger partial charge >= 0.3 is 11.9 Å². The Morgan fingerprint density at radius 1 is 1.11 bits per heavy atom. The number of methoxy groups -OCH3 is 1. The molecule has 0 unspecified atom stereocenters. The van der Waals surface area contributed by atoms with Crippen LogP contribution in [0.2, 0.25) is 5.02 Å². The van der Waals surface area contributed by atoms with Gasteiger partial charge in [0.15, 0.2) is 10.6 Å². The highest BCUT2D eigenvalue weighted by Crippen LogP contribution is 2.26. The van der Waals surface area contributed by atoms with Gasteiger partial charge in [0.1, 0.15) is 0 Å². The smallest absolute Gasteiger partial charge is 0.351 e. The number of rotatable bonds is 3. The van der Waals surface area contributed by atoms with Gasteiger partial charge in [0.25, 0.3) is 0 Å². The van der Waals surface area contributed by atoms with Crippen molar-refractivity contribution in [3.8, 4) is 5.75 Å². The third-order valence-electron chi connectivity index (χ3n) is 2.28. The molecule has 0 radical (unpaired) electrons. The van der Waals surface area contributed by atoms with E-state index in [0.717, 1.165) is 11.3 Å². The molecule has 0 bridgehead atoms. The lowest BCUT2D eigenvalue weighted by Gasteiger charge is -2.04. The van der Waals surface area contributed by atoms with E-state index in [9.17, 15) is 9.59 Å². The lowest BCUT2D eigenvalue weighted by Crippen LogP contribution is -2.10. The Labute approximate surface area is 118 Å². The SMILES string of the molecule is COC(=O)c1sccc1OC(=O)c1ccc(Cl)cc1. The van der Waals surface area contributed by atoms with Gasteiger partial charge in [-0.3, -0.25) is 0 Å². The maximum Gasteiger partial charge on any atom is 0.351 e. The molecule has 0 spiro atoms. The van der Waals surface area contributed by atoms with Gasteiger partial charge in [-0.25, -0.2) is 9.59 Å². The summed E-state index contributed by atoms with van der Waals surface area (Å²) in [6, 6.07) is 7.83. The Morgan fingerprint density at radius 2 is 1.79 bits per heavy atom. The third-order valence-corrected chi connectivity index (χ3v) is 3.41. The first-order valence-corrected chi connectivity index (χ1v) is 6.51. The summed E-state index contributed by atoms with van der Waals surface area (Å²) in [6.45, 7) is 0. The first-order valence-electron chi connectivity index (χ1n) is 5.25. The predicted octanol–water partition coefficient (Wildman–Crippen LogP) is 3.41. The highest BCUT2D eigenvalue weighted by atomic mass is 35.5. The molecule has 0 aliphatic heterocycles. The summed E-state index contributed by atoms with van der Waals surface area (Å²) >= 11 is 6.88. The zero-order valence-electron chi connectivity index (χ0n) is 9.88. The van der Waals surface area contributed by atoms with E-state index < -0.39 is 11.9 Å². The van der Waals surface area contributed by atoms with E-state index in [4.69, 9.17) is 16.3 Å². The molecule has 0 saturated heterocycles. The fourth-order valence-corrected chi connectivity index (χ4v) is 2.22. The van der Waals surface area contributed by atoms with Crippen LogP contribution >= 0.6 is 22.9 Å². The van der Waals surface area contributed by atoms with E-state index in [2.05, 4.69) is 4.74 Å². The maximum absolute atomic E-state index is 11.9. The van der Waals surface area contributed by atoms with E-state index in [1.165, 1.54) is 7.11 Å². The van der Waals surface area contributed by atoms with E-state index >= 15 is 0 Å². The molecule has 0 aliphatic rings. The van der Waals surface area contributed by atoms with Crippen LogP contribution in [0.15, 0.2) is 35.7 Å². The van der Waals surface area contributed by atoms with Crippen LogP contribution in [0.5, 0.6) is 5.75 Å². The van der Waals surface area contributed by atoms with Crippen LogP contribution in [0.1, 0.15) is 20.0 Å². The van der Waals surface area contributed by atoms with Crippen molar-refractivity contribution in [3.63, 3.8) is 0 Å². The summed E-state index contributed by atoms with van der Waals surface area (Å²) in [5.74, 6) is -0.897. The number of benzene rings is 1. The van der Waals surface area contributed by atoms with Crippen LogP contribution in [0, 0.1) is 0 Å². The molecular formula is C13H9ClO4S. The van der Waals surface area contributed by atoms with Gasteiger partial charge < -0.3 is 9.47 Å². The molecule has 98 valence electrons. The topological polar surface area (TPSA) is 52.6 Å². The number of halogens is 1. The molecule has 0 aliphatic carbocycles. The summed E-state index contributed by atoms with van der Waals surface area (Å²) in [5, 5.41) is 2.18. The zero-order valence-corrected chi connectivity index (χ0v) is 11.5. The van der Waals surface area contributed by atoms with Gasteiger partial charge in [0.2, 0.25) is 0 Å². The van der Waals surface area contributed by atoms with Gasteiger partial charge in [0.05, 0.1) is 12.7 Å². The van der Waals surface area contributed by atoms with Crippen LogP contribution < -0.4 is 4.74 Å². The van der Waals surface area contributed by atoms with E-state index in [1.807, 2.05) is 0 Å². The number of hydrogen-bond acceptors (Lipinski definition) is 5. The first kappa shape index (κ1) is 13.6. The Kier molecular flexibility index (Phi) is 4.19. The molecule has 2 rings (SSSR count). The van der Waals surface area contributed by atoms with Crippen molar-refractivity contribution in [3.05, 3.63) is 51.2 Å². The summed E-state index contributed by atoms with van der Waals surface area (Å²) in [6.07, 6.45) is 0. The molecule has 6 heteroatoms. The minimum atomic E-state index is -0.555. The molecule has 0 atom stereocenters. The molecular weight excluding hydrogens is 288 g/mol. The van der Waals surface area contributed by atoms with Gasteiger partial charge in [0, 0.05) is 5.02 Å². The normalized spacial score (nSPS) is 10.0. The van der Waals surface area contributed by atoms with E-state index in [1.54, 1.807) is 35.7 Å². The zero-order chi connectivity index (χ0) is 13.8. The minimum Gasteiger partial charge on any atom is -0.465 e. The van der Waals surface area contributed by atoms with Crippen molar-refractivity contribution in [2.75, 3.05) is 7.11 Å². The van der Waals surface area contributed by atoms with E-state index in [0.29, 0.717) is 10.6 Å². The molecule has 1 aromatic heterocycles. The van der Waals surface area contributed by atoms with Crippen molar-refractivity contribution in [1.82, 2.24) is 0 Å². The van der Waals surface area contributed by atoms with Crippen LogP contribution in [-0.2, 0) is 4.74 Å². The monoisotopic (exact) mass is 296 g/mol. The van der Waals surface area contributed by atoms with Crippen molar-refractivity contribution >= 4 is 34.9 Å². The van der Waals surface area contributed by atoms with Crippen molar-refractivity contribution < 1.29 is 19.1 Å². The van der Waals surface area contributed by atoms with Crippen LogP contribution in [0.3, 0.4) is 0 Å². The molecule has 2 aromatic rings. The fraction of sp³-hybridized carbons (Fsp3) is 0.0769. The number of ether oxygens (including phenoxy) is 2. The number of esters is 2. The number of hydrogen-bond donors (Lipinski definition) is 0. The quantitative estimate of drug-likeness (QED) is 0.815. The number of carbonyl (C=O) groups is 2. The summed E-state index contributed by atoms with van der Waals surface area (Å²) < 4.78 is 9.76. The second kappa shape index (κ2) is 5.86. The Bertz CT molecular complexity index is 603. The standard InChI is InChI=1S/C13H9ClO4S/c1-17-13(16)11-10(6-7-19-11)18-12(15)8-2-4-9(14)5-3-8/h2-7H,1H3. The lowest BCUT2D eigenvalue weighted by atomic mass is 10.2. The van der Waals surface area contributed by atoms with Gasteiger partial charge in [-0.05, 0) is 35.7 Å². The maximum atomic E-state index is 11.9. The molecule has 1 aromatic carbocycles. The first-order chi connectivity index (χ1) is 9.11. The van der Waals surface area contributed by atoms with Crippen molar-refractivity contribution in [1.29, 1.82) is 0 Å². The van der Waals surface area contributed by atoms with Gasteiger partial charge in [-0.15, -0.1) is 11.3 Å². The van der Waals surface area contributed by atoms with Gasteiger partial charge in [-0.2, -0.15) is 0 Å². The number of thiophene rings is 1. The Balaban J connectivity index is 2.17. The molecule has 0 saturated carbocycles. The highest BCUT2D eigenvalue weighted by molar-refractivity contribution is 7.12. The Hall–Kier alpha value is -1.85. The second-order valence-corrected chi connectivity index (χ2v) is 4.85. The van der Waals surface area contributed by atoms with Crippen LogP contribution in [0.25, 0.3) is 0 Å². The van der Waals surface area contributed by atoms with Crippen molar-refractivity contribution in [2.45, 2.75) is 0 Å². The predicted molar refractivity (Wildman–Crippen MR) is 72.1 cm³/mol. The minimum absolute atomic E-state index is 0.191. The second-order valence-electron chi connectivity index (χ2n) is 3.50. The summed E-state index contributed by atoms with van der Waals surface area (Å²) in [4.78, 5) is 23.6. The molecule has 0 amide bonds. The summed E-state index contributed by atoms with van der Waals surface area (Å²) in [7, 11) is 1.27.